The molecule has 0 saturated carbocycles. The number of amides is 1. The summed E-state index contributed by atoms with van der Waals surface area (Å²) in [5.74, 6) is -1.19. The maximum atomic E-state index is 13.7. The summed E-state index contributed by atoms with van der Waals surface area (Å²) in [5.41, 5.74) is 1.58. The van der Waals surface area contributed by atoms with Gasteiger partial charge in [-0.3, -0.25) is 9.78 Å². The molecule has 0 unspecified atom stereocenters. The van der Waals surface area contributed by atoms with Crippen LogP contribution < -0.4 is 15.4 Å². The van der Waals surface area contributed by atoms with Crippen molar-refractivity contribution in [1.82, 2.24) is 14.6 Å². The lowest BCUT2D eigenvalue weighted by atomic mass is 10.2. The third kappa shape index (κ3) is 5.89. The third-order valence-electron chi connectivity index (χ3n) is 4.88. The van der Waals surface area contributed by atoms with Crippen LogP contribution in [-0.2, 0) is 14.8 Å². The topological polar surface area (TPSA) is 101 Å². The first-order chi connectivity index (χ1) is 15.8. The predicted octanol–water partition coefficient (Wildman–Crippen LogP) is 3.27. The Balaban J connectivity index is 1.59. The number of nitrogens with one attached hydrogen (secondary N) is 2. The van der Waals surface area contributed by atoms with Crippen molar-refractivity contribution in [3.8, 4) is 5.75 Å². The van der Waals surface area contributed by atoms with Crippen LogP contribution in [0.15, 0.2) is 53.6 Å². The molecule has 0 bridgehead atoms. The maximum Gasteiger partial charge on any atom is 0.247 e. The zero-order valence-electron chi connectivity index (χ0n) is 18.1. The van der Waals surface area contributed by atoms with Crippen molar-refractivity contribution in [1.29, 1.82) is 0 Å². The predicted molar refractivity (Wildman–Crippen MR) is 126 cm³/mol. The van der Waals surface area contributed by atoms with Crippen molar-refractivity contribution in [2.45, 2.75) is 11.8 Å². The molecule has 3 aromatic rings. The van der Waals surface area contributed by atoms with Gasteiger partial charge in [0.2, 0.25) is 15.9 Å². The summed E-state index contributed by atoms with van der Waals surface area (Å²) in [4.78, 5) is 16.3. The number of fused-ring (bicyclic) bond motifs is 1. The number of sulfonamides is 1. The van der Waals surface area contributed by atoms with Crippen LogP contribution in [0.3, 0.4) is 0 Å². The number of aromatic nitrogens is 1. The molecule has 176 valence electrons. The van der Waals surface area contributed by atoms with E-state index >= 15 is 0 Å². The Hall–Kier alpha value is -2.95. The number of carbonyl (C=O) groups excluding carboxylic acids is 1. The standard InChI is InChI=1S/C22H24ClFN4O4S/c1-3-28(33(30,31)21-13-16(24)5-7-20(21)32-2)14-22(29)27-11-10-26-18-8-9-25-19-12-15(23)4-6-17(18)19/h4-9,12-13H,3,10-11,14H2,1-2H3,(H,25,26)(H,27,29). The van der Waals surface area contributed by atoms with Crippen molar-refractivity contribution in [3.63, 3.8) is 0 Å². The Morgan fingerprint density at radius 1 is 1.18 bits per heavy atom. The fourth-order valence-electron chi connectivity index (χ4n) is 3.25. The van der Waals surface area contributed by atoms with E-state index in [4.69, 9.17) is 16.3 Å². The summed E-state index contributed by atoms with van der Waals surface area (Å²) >= 11 is 6.00. The first-order valence-corrected chi connectivity index (χ1v) is 12.0. The summed E-state index contributed by atoms with van der Waals surface area (Å²) in [7, 11) is -2.84. The highest BCUT2D eigenvalue weighted by Crippen LogP contribution is 2.27. The zero-order chi connectivity index (χ0) is 24.0. The van der Waals surface area contributed by atoms with Crippen molar-refractivity contribution in [2.75, 3.05) is 38.6 Å². The number of halogens is 2. The monoisotopic (exact) mass is 494 g/mol. The van der Waals surface area contributed by atoms with Crippen LogP contribution in [-0.4, -0.2) is 56.9 Å². The van der Waals surface area contributed by atoms with Gasteiger partial charge in [-0.25, -0.2) is 12.8 Å². The molecule has 0 radical (unpaired) electrons. The quantitative estimate of drug-likeness (QED) is 0.419. The van der Waals surface area contributed by atoms with Crippen LogP contribution in [0, 0.1) is 5.82 Å². The van der Waals surface area contributed by atoms with E-state index < -0.39 is 28.3 Å². The van der Waals surface area contributed by atoms with Gasteiger partial charge in [0.25, 0.3) is 0 Å². The molecular weight excluding hydrogens is 471 g/mol. The second-order valence-electron chi connectivity index (χ2n) is 7.02. The molecule has 0 aliphatic heterocycles. The Morgan fingerprint density at radius 2 is 1.97 bits per heavy atom. The van der Waals surface area contributed by atoms with Crippen LogP contribution >= 0.6 is 11.6 Å². The summed E-state index contributed by atoms with van der Waals surface area (Å²) in [6.45, 7) is 1.88. The van der Waals surface area contributed by atoms with E-state index in [-0.39, 0.29) is 23.7 Å². The number of hydrogen-bond donors (Lipinski definition) is 2. The molecule has 1 aromatic heterocycles. The largest absolute Gasteiger partial charge is 0.495 e. The summed E-state index contributed by atoms with van der Waals surface area (Å²) < 4.78 is 45.6. The minimum Gasteiger partial charge on any atom is -0.495 e. The van der Waals surface area contributed by atoms with Crippen molar-refractivity contribution < 1.29 is 22.3 Å². The number of benzene rings is 2. The highest BCUT2D eigenvalue weighted by atomic mass is 35.5. The van der Waals surface area contributed by atoms with Crippen LogP contribution in [0.25, 0.3) is 10.9 Å². The number of pyridine rings is 1. The van der Waals surface area contributed by atoms with Gasteiger partial charge in [-0.05, 0) is 42.5 Å². The Kier molecular flexibility index (Phi) is 8.06. The molecule has 3 rings (SSSR count). The van der Waals surface area contributed by atoms with Gasteiger partial charge in [0.1, 0.15) is 16.5 Å². The fraction of sp³-hybridized carbons (Fsp3) is 0.273. The molecule has 8 nitrogen and oxygen atoms in total. The lowest BCUT2D eigenvalue weighted by Crippen LogP contribution is -2.41. The number of methoxy groups -OCH3 is 1. The Bertz CT molecular complexity index is 1260. The number of likely N-dealkylation sites (N-methyl/N-ethyl adjacent to an activating group) is 1. The molecule has 2 aromatic carbocycles. The van der Waals surface area contributed by atoms with Crippen LogP contribution in [0.1, 0.15) is 6.92 Å². The van der Waals surface area contributed by atoms with E-state index in [1.807, 2.05) is 12.1 Å². The highest BCUT2D eigenvalue weighted by Gasteiger charge is 2.28. The molecule has 0 atom stereocenters. The number of nitrogens with zero attached hydrogens (tertiary/aromatic N) is 2. The fourth-order valence-corrected chi connectivity index (χ4v) is 4.99. The second kappa shape index (κ2) is 10.8. The molecule has 0 aliphatic carbocycles. The Labute approximate surface area is 196 Å². The van der Waals surface area contributed by atoms with E-state index in [0.717, 1.165) is 33.0 Å². The van der Waals surface area contributed by atoms with Gasteiger partial charge >= 0.3 is 0 Å². The smallest absolute Gasteiger partial charge is 0.247 e. The molecule has 0 fully saturated rings. The van der Waals surface area contributed by atoms with Gasteiger partial charge in [-0.15, -0.1) is 0 Å². The van der Waals surface area contributed by atoms with Crippen LogP contribution in [0.5, 0.6) is 5.75 Å². The molecule has 0 saturated heterocycles. The molecule has 33 heavy (non-hydrogen) atoms. The van der Waals surface area contributed by atoms with Crippen molar-refractivity contribution in [2.24, 2.45) is 0 Å². The zero-order valence-corrected chi connectivity index (χ0v) is 19.7. The van der Waals surface area contributed by atoms with Gasteiger partial charge in [-0.1, -0.05) is 18.5 Å². The highest BCUT2D eigenvalue weighted by molar-refractivity contribution is 7.89. The minimum absolute atomic E-state index is 0.00493. The van der Waals surface area contributed by atoms with Crippen LogP contribution in [0.4, 0.5) is 10.1 Å². The van der Waals surface area contributed by atoms with Gasteiger partial charge in [0.15, 0.2) is 0 Å². The lowest BCUT2D eigenvalue weighted by Gasteiger charge is -2.21. The van der Waals surface area contributed by atoms with E-state index in [1.165, 1.54) is 13.2 Å². The lowest BCUT2D eigenvalue weighted by molar-refractivity contribution is -0.121. The average Bonchev–Trinajstić information content (AvgIpc) is 2.79. The second-order valence-corrected chi connectivity index (χ2v) is 9.37. The summed E-state index contributed by atoms with van der Waals surface area (Å²) in [6, 6.07) is 10.4. The third-order valence-corrected chi connectivity index (χ3v) is 7.06. The molecule has 0 spiro atoms. The average molecular weight is 495 g/mol. The van der Waals surface area contributed by atoms with E-state index in [2.05, 4.69) is 15.6 Å². The van der Waals surface area contributed by atoms with E-state index in [1.54, 1.807) is 25.3 Å². The summed E-state index contributed by atoms with van der Waals surface area (Å²) in [6.07, 6.45) is 1.66. The number of carbonyl (C=O) groups is 1. The number of ether oxygens (including phenoxy) is 1. The molecular formula is C22H24ClFN4O4S. The number of anilines is 1. The van der Waals surface area contributed by atoms with Crippen molar-refractivity contribution >= 4 is 44.1 Å². The van der Waals surface area contributed by atoms with E-state index in [9.17, 15) is 17.6 Å². The normalized spacial score (nSPS) is 11.5. The van der Waals surface area contributed by atoms with Crippen LogP contribution in [0.2, 0.25) is 5.02 Å². The number of hydrogen-bond acceptors (Lipinski definition) is 6. The van der Waals surface area contributed by atoms with Gasteiger partial charge in [-0.2, -0.15) is 4.31 Å². The molecule has 2 N–H and O–H groups in total. The Morgan fingerprint density at radius 3 is 2.70 bits per heavy atom. The minimum atomic E-state index is -4.14. The van der Waals surface area contributed by atoms with Gasteiger partial charge < -0.3 is 15.4 Å². The van der Waals surface area contributed by atoms with Gasteiger partial charge in [0, 0.05) is 41.9 Å². The first-order valence-electron chi connectivity index (χ1n) is 10.1. The molecule has 11 heteroatoms. The first kappa shape index (κ1) is 24.7. The molecule has 1 amide bonds. The van der Waals surface area contributed by atoms with Crippen molar-refractivity contribution in [3.05, 3.63) is 59.5 Å². The van der Waals surface area contributed by atoms with Gasteiger partial charge in [0.05, 0.1) is 19.2 Å². The SMILES string of the molecule is CCN(CC(=O)NCCNc1ccnc2cc(Cl)ccc12)S(=O)(=O)c1cc(F)ccc1OC. The molecule has 0 aliphatic rings. The summed E-state index contributed by atoms with van der Waals surface area (Å²) in [5, 5.41) is 7.39. The maximum absolute atomic E-state index is 13.7. The molecule has 1 heterocycles. The van der Waals surface area contributed by atoms with E-state index in [0.29, 0.717) is 11.6 Å². The number of rotatable bonds is 10.